The molecule has 0 saturated carbocycles. The van der Waals surface area contributed by atoms with Crippen molar-refractivity contribution >= 4 is 40.8 Å². The molecule has 31 heavy (non-hydrogen) atoms. The van der Waals surface area contributed by atoms with E-state index >= 15 is 0 Å². The highest BCUT2D eigenvalue weighted by Crippen LogP contribution is 2.31. The van der Waals surface area contributed by atoms with Crippen molar-refractivity contribution in [3.8, 4) is 0 Å². The molecule has 3 rings (SSSR count). The average molecular weight is 444 g/mol. The highest BCUT2D eigenvalue weighted by Gasteiger charge is 2.22. The minimum Gasteiger partial charge on any atom is -0.462 e. The summed E-state index contributed by atoms with van der Waals surface area (Å²) in [7, 11) is 0. The van der Waals surface area contributed by atoms with Gasteiger partial charge in [0.15, 0.2) is 0 Å². The van der Waals surface area contributed by atoms with Crippen molar-refractivity contribution in [2.24, 2.45) is 0 Å². The third-order valence-electron chi connectivity index (χ3n) is 5.18. The van der Waals surface area contributed by atoms with E-state index in [0.717, 1.165) is 23.5 Å². The number of benzene rings is 2. The van der Waals surface area contributed by atoms with Crippen LogP contribution in [0.3, 0.4) is 0 Å². The van der Waals surface area contributed by atoms with Crippen LogP contribution >= 0.6 is 11.6 Å². The Kier molecular flexibility index (Phi) is 7.52. The third-order valence-corrected chi connectivity index (χ3v) is 5.50. The Labute approximate surface area is 186 Å². The number of halogens is 1. The lowest BCUT2D eigenvalue weighted by molar-refractivity contribution is -0.145. The Morgan fingerprint density at radius 2 is 1.97 bits per heavy atom. The molecule has 0 spiro atoms. The summed E-state index contributed by atoms with van der Waals surface area (Å²) in [6.07, 6.45) is 1.14. The number of anilines is 2. The van der Waals surface area contributed by atoms with Crippen molar-refractivity contribution in [1.82, 2.24) is 5.32 Å². The fraction of sp³-hybridized carbons (Fsp3) is 0.348. The lowest BCUT2D eigenvalue weighted by atomic mass is 10.00. The zero-order valence-corrected chi connectivity index (χ0v) is 18.4. The number of fused-ring (bicyclic) bond motifs is 1. The van der Waals surface area contributed by atoms with Crippen LogP contribution in [0.25, 0.3) is 0 Å². The summed E-state index contributed by atoms with van der Waals surface area (Å²) in [5, 5.41) is 5.84. The summed E-state index contributed by atoms with van der Waals surface area (Å²) in [5.74, 6) is -0.920. The van der Waals surface area contributed by atoms with E-state index in [4.69, 9.17) is 16.3 Å². The summed E-state index contributed by atoms with van der Waals surface area (Å²) < 4.78 is 5.39. The SMILES string of the molecule is CCN(CCOC(=O)[C@H](C)NC(=O)c1ccccc1Cl)c1cccc2c1CCC(=O)N2. The van der Waals surface area contributed by atoms with Gasteiger partial charge in [0.1, 0.15) is 12.6 Å². The molecule has 0 unspecified atom stereocenters. The van der Waals surface area contributed by atoms with Gasteiger partial charge in [-0.3, -0.25) is 9.59 Å². The van der Waals surface area contributed by atoms with Crippen LogP contribution in [0, 0.1) is 0 Å². The predicted molar refractivity (Wildman–Crippen MR) is 121 cm³/mol. The molecule has 1 aliphatic heterocycles. The molecule has 0 radical (unpaired) electrons. The van der Waals surface area contributed by atoms with E-state index in [1.165, 1.54) is 0 Å². The van der Waals surface area contributed by atoms with E-state index in [0.29, 0.717) is 30.0 Å². The van der Waals surface area contributed by atoms with Crippen molar-refractivity contribution in [2.45, 2.75) is 32.7 Å². The number of likely N-dealkylation sites (N-methyl/N-ethyl adjacent to an activating group) is 1. The van der Waals surface area contributed by atoms with Gasteiger partial charge < -0.3 is 20.3 Å². The second-order valence-electron chi connectivity index (χ2n) is 7.27. The van der Waals surface area contributed by atoms with Gasteiger partial charge in [-0.2, -0.15) is 0 Å². The van der Waals surface area contributed by atoms with Crippen LogP contribution in [0.1, 0.15) is 36.2 Å². The number of nitrogens with zero attached hydrogens (tertiary/aromatic N) is 1. The second-order valence-corrected chi connectivity index (χ2v) is 7.68. The number of hydrogen-bond donors (Lipinski definition) is 2. The van der Waals surface area contributed by atoms with Crippen molar-refractivity contribution in [1.29, 1.82) is 0 Å². The molecule has 1 aliphatic rings. The molecule has 0 aromatic heterocycles. The average Bonchev–Trinajstić information content (AvgIpc) is 2.76. The molecule has 1 atom stereocenters. The monoisotopic (exact) mass is 443 g/mol. The molecule has 2 N–H and O–H groups in total. The summed E-state index contributed by atoms with van der Waals surface area (Å²) >= 11 is 6.03. The number of carbonyl (C=O) groups is 3. The van der Waals surface area contributed by atoms with Crippen molar-refractivity contribution in [2.75, 3.05) is 29.9 Å². The first kappa shape index (κ1) is 22.6. The first-order valence-corrected chi connectivity index (χ1v) is 10.7. The molecule has 0 fully saturated rings. The quantitative estimate of drug-likeness (QED) is 0.610. The zero-order chi connectivity index (χ0) is 22.4. The van der Waals surface area contributed by atoms with Crippen molar-refractivity contribution in [3.63, 3.8) is 0 Å². The van der Waals surface area contributed by atoms with Crippen LogP contribution in [-0.2, 0) is 20.7 Å². The minimum absolute atomic E-state index is 0.0226. The number of esters is 1. The number of amides is 2. The molecule has 164 valence electrons. The fourth-order valence-electron chi connectivity index (χ4n) is 3.51. The molecule has 0 bridgehead atoms. The standard InChI is InChI=1S/C23H26ClN3O4/c1-3-27(20-10-6-9-19-17(20)11-12-21(28)26-19)13-14-31-23(30)15(2)25-22(29)16-7-4-5-8-18(16)24/h4-10,15H,3,11-14H2,1-2H3,(H,25,29)(H,26,28)/t15-/m0/s1. The Hall–Kier alpha value is -3.06. The van der Waals surface area contributed by atoms with E-state index < -0.39 is 17.9 Å². The van der Waals surface area contributed by atoms with Gasteiger partial charge in [-0.05, 0) is 50.1 Å². The van der Waals surface area contributed by atoms with Gasteiger partial charge in [-0.15, -0.1) is 0 Å². The number of rotatable bonds is 8. The molecule has 0 saturated heterocycles. The van der Waals surface area contributed by atoms with E-state index in [1.54, 1.807) is 31.2 Å². The van der Waals surface area contributed by atoms with Gasteiger partial charge in [0, 0.05) is 24.3 Å². The maximum absolute atomic E-state index is 12.3. The molecular weight excluding hydrogens is 418 g/mol. The van der Waals surface area contributed by atoms with Crippen LogP contribution < -0.4 is 15.5 Å². The van der Waals surface area contributed by atoms with Crippen molar-refractivity contribution < 1.29 is 19.1 Å². The summed E-state index contributed by atoms with van der Waals surface area (Å²) in [4.78, 5) is 38.4. The Morgan fingerprint density at radius 3 is 2.71 bits per heavy atom. The van der Waals surface area contributed by atoms with Gasteiger partial charge in [-0.1, -0.05) is 29.8 Å². The largest absolute Gasteiger partial charge is 0.462 e. The molecule has 2 aromatic carbocycles. The highest BCUT2D eigenvalue weighted by molar-refractivity contribution is 6.33. The second kappa shape index (κ2) is 10.3. The fourth-order valence-corrected chi connectivity index (χ4v) is 3.73. The summed E-state index contributed by atoms with van der Waals surface area (Å²) in [5.41, 5.74) is 3.26. The van der Waals surface area contributed by atoms with E-state index in [1.807, 2.05) is 25.1 Å². The highest BCUT2D eigenvalue weighted by atomic mass is 35.5. The predicted octanol–water partition coefficient (Wildman–Crippen LogP) is 3.41. The number of hydrogen-bond acceptors (Lipinski definition) is 5. The molecule has 0 aliphatic carbocycles. The van der Waals surface area contributed by atoms with Gasteiger partial charge in [0.2, 0.25) is 5.91 Å². The van der Waals surface area contributed by atoms with E-state index in [2.05, 4.69) is 15.5 Å². The van der Waals surface area contributed by atoms with E-state index in [-0.39, 0.29) is 12.5 Å². The Morgan fingerprint density at radius 1 is 1.19 bits per heavy atom. The molecule has 7 nitrogen and oxygen atoms in total. The third kappa shape index (κ3) is 5.55. The molecule has 8 heteroatoms. The minimum atomic E-state index is -0.807. The van der Waals surface area contributed by atoms with Crippen molar-refractivity contribution in [3.05, 3.63) is 58.6 Å². The lowest BCUT2D eigenvalue weighted by Gasteiger charge is -2.29. The zero-order valence-electron chi connectivity index (χ0n) is 17.6. The summed E-state index contributed by atoms with van der Waals surface area (Å²) in [6.45, 7) is 4.99. The molecule has 2 amide bonds. The Bertz CT molecular complexity index is 979. The van der Waals surface area contributed by atoms with Gasteiger partial charge in [-0.25, -0.2) is 4.79 Å². The van der Waals surface area contributed by atoms with Crippen LogP contribution in [-0.4, -0.2) is 43.5 Å². The molecular formula is C23H26ClN3O4. The first-order valence-electron chi connectivity index (χ1n) is 10.3. The van der Waals surface area contributed by atoms with Gasteiger partial charge >= 0.3 is 5.97 Å². The first-order chi connectivity index (χ1) is 14.9. The molecule has 1 heterocycles. The van der Waals surface area contributed by atoms with Gasteiger partial charge in [0.25, 0.3) is 5.91 Å². The number of ether oxygens (including phenoxy) is 1. The van der Waals surface area contributed by atoms with Crippen LogP contribution in [0.2, 0.25) is 5.02 Å². The summed E-state index contributed by atoms with van der Waals surface area (Å²) in [6, 6.07) is 11.6. The molecule has 2 aromatic rings. The van der Waals surface area contributed by atoms with Crippen LogP contribution in [0.5, 0.6) is 0 Å². The maximum atomic E-state index is 12.3. The van der Waals surface area contributed by atoms with Gasteiger partial charge in [0.05, 0.1) is 17.1 Å². The maximum Gasteiger partial charge on any atom is 0.328 e. The Balaban J connectivity index is 1.54. The smallest absolute Gasteiger partial charge is 0.328 e. The topological polar surface area (TPSA) is 87.7 Å². The normalized spacial score (nSPS) is 13.6. The number of nitrogens with one attached hydrogen (secondary N) is 2. The van der Waals surface area contributed by atoms with Crippen LogP contribution in [0.4, 0.5) is 11.4 Å². The van der Waals surface area contributed by atoms with Crippen LogP contribution in [0.15, 0.2) is 42.5 Å². The van der Waals surface area contributed by atoms with E-state index in [9.17, 15) is 14.4 Å². The lowest BCUT2D eigenvalue weighted by Crippen LogP contribution is -2.40. The number of carbonyl (C=O) groups excluding carboxylic acids is 3.